The fourth-order valence-electron chi connectivity index (χ4n) is 2.24. The summed E-state index contributed by atoms with van der Waals surface area (Å²) in [5, 5.41) is 11.9. The Kier molecular flexibility index (Phi) is 6.16. The van der Waals surface area contributed by atoms with Crippen molar-refractivity contribution >= 4 is 17.7 Å². The van der Waals surface area contributed by atoms with Crippen molar-refractivity contribution in [2.45, 2.75) is 11.6 Å². The molecule has 26 heavy (non-hydrogen) atoms. The van der Waals surface area contributed by atoms with E-state index in [1.807, 2.05) is 48.5 Å². The quantitative estimate of drug-likeness (QED) is 0.648. The number of amides is 1. The molecule has 1 N–H and O–H groups in total. The van der Waals surface area contributed by atoms with Crippen LogP contribution in [-0.2, 0) is 11.3 Å². The molecule has 132 valence electrons. The van der Waals surface area contributed by atoms with Crippen molar-refractivity contribution in [2.24, 2.45) is 0 Å². The van der Waals surface area contributed by atoms with Crippen molar-refractivity contribution < 1.29 is 9.53 Å². The van der Waals surface area contributed by atoms with E-state index >= 15 is 0 Å². The molecule has 0 bridgehead atoms. The van der Waals surface area contributed by atoms with Crippen molar-refractivity contribution in [3.05, 3.63) is 66.5 Å². The molecule has 2 heterocycles. The van der Waals surface area contributed by atoms with E-state index in [0.717, 1.165) is 22.6 Å². The number of benzene rings is 1. The number of aromatic nitrogens is 3. The first-order valence-corrected chi connectivity index (χ1v) is 9.00. The molecule has 1 amide bonds. The van der Waals surface area contributed by atoms with Gasteiger partial charge < -0.3 is 10.1 Å². The molecule has 7 heteroatoms. The Morgan fingerprint density at radius 1 is 1.15 bits per heavy atom. The van der Waals surface area contributed by atoms with Gasteiger partial charge in [0.25, 0.3) is 0 Å². The van der Waals surface area contributed by atoms with Gasteiger partial charge in [0.15, 0.2) is 0 Å². The predicted molar refractivity (Wildman–Crippen MR) is 101 cm³/mol. The van der Waals surface area contributed by atoms with Crippen LogP contribution < -0.4 is 10.1 Å². The first-order valence-electron chi connectivity index (χ1n) is 8.01. The lowest BCUT2D eigenvalue weighted by Crippen LogP contribution is -2.24. The summed E-state index contributed by atoms with van der Waals surface area (Å²) in [4.78, 5) is 16.1. The van der Waals surface area contributed by atoms with Crippen LogP contribution in [0.15, 0.2) is 66.0 Å². The molecule has 3 rings (SSSR count). The van der Waals surface area contributed by atoms with Gasteiger partial charge in [0.1, 0.15) is 10.8 Å². The monoisotopic (exact) mass is 366 g/mol. The number of ether oxygens (including phenoxy) is 1. The zero-order chi connectivity index (χ0) is 18.2. The van der Waals surface area contributed by atoms with Crippen LogP contribution in [-0.4, -0.2) is 34.0 Å². The van der Waals surface area contributed by atoms with Gasteiger partial charge in [-0.1, -0.05) is 23.9 Å². The minimum Gasteiger partial charge on any atom is -0.497 e. The Labute approximate surface area is 156 Å². The Bertz CT molecular complexity index is 857. The van der Waals surface area contributed by atoms with Crippen molar-refractivity contribution in [2.75, 3.05) is 12.9 Å². The van der Waals surface area contributed by atoms with Crippen molar-refractivity contribution in [3.8, 4) is 17.0 Å². The number of methoxy groups -OCH3 is 1. The summed E-state index contributed by atoms with van der Waals surface area (Å²) in [6.07, 6.45) is 3.45. The molecule has 1 aromatic carbocycles. The molecule has 0 saturated carbocycles. The summed E-state index contributed by atoms with van der Waals surface area (Å²) in [6, 6.07) is 15.1. The Balaban J connectivity index is 1.48. The molecule has 0 saturated heterocycles. The molecular weight excluding hydrogens is 348 g/mol. The minimum absolute atomic E-state index is 0.0593. The third-order valence-electron chi connectivity index (χ3n) is 3.57. The Morgan fingerprint density at radius 2 is 2.08 bits per heavy atom. The van der Waals surface area contributed by atoms with Crippen LogP contribution >= 0.6 is 11.8 Å². The Hall–Kier alpha value is -2.93. The van der Waals surface area contributed by atoms with Crippen molar-refractivity contribution in [1.82, 2.24) is 20.5 Å². The third-order valence-corrected chi connectivity index (χ3v) is 4.49. The molecule has 0 spiro atoms. The first kappa shape index (κ1) is 17.9. The maximum Gasteiger partial charge on any atom is 0.230 e. The van der Waals surface area contributed by atoms with Gasteiger partial charge in [0.05, 0.1) is 18.6 Å². The summed E-state index contributed by atoms with van der Waals surface area (Å²) < 4.78 is 5.17. The van der Waals surface area contributed by atoms with E-state index in [1.165, 1.54) is 11.8 Å². The highest BCUT2D eigenvalue weighted by Crippen LogP contribution is 2.19. The lowest BCUT2D eigenvalue weighted by Gasteiger charge is -2.07. The molecule has 2 aromatic heterocycles. The van der Waals surface area contributed by atoms with Crippen LogP contribution in [0.4, 0.5) is 0 Å². The number of thioether (sulfide) groups is 1. The van der Waals surface area contributed by atoms with Crippen molar-refractivity contribution in [1.29, 1.82) is 0 Å². The van der Waals surface area contributed by atoms with Gasteiger partial charge in [-0.05, 0) is 42.0 Å². The third kappa shape index (κ3) is 5.03. The van der Waals surface area contributed by atoms with E-state index in [4.69, 9.17) is 4.74 Å². The molecule has 6 nitrogen and oxygen atoms in total. The van der Waals surface area contributed by atoms with E-state index in [9.17, 15) is 4.79 Å². The average Bonchev–Trinajstić information content (AvgIpc) is 2.72. The van der Waals surface area contributed by atoms with Crippen LogP contribution in [0.3, 0.4) is 0 Å². The highest BCUT2D eigenvalue weighted by atomic mass is 32.2. The lowest BCUT2D eigenvalue weighted by atomic mass is 10.2. The maximum atomic E-state index is 12.0. The second-order valence-electron chi connectivity index (χ2n) is 5.42. The fraction of sp³-hybridized carbons (Fsp3) is 0.158. The lowest BCUT2D eigenvalue weighted by molar-refractivity contribution is -0.118. The highest BCUT2D eigenvalue weighted by Gasteiger charge is 2.06. The van der Waals surface area contributed by atoms with Crippen molar-refractivity contribution in [3.63, 3.8) is 0 Å². The van der Waals surface area contributed by atoms with Crippen LogP contribution in [0.1, 0.15) is 5.56 Å². The standard InChI is InChI=1S/C19H18N4O2S/c1-25-16-6-2-4-14(10-16)11-21-18(24)13-26-19-8-7-17(22-23-19)15-5-3-9-20-12-15/h2-10,12H,11,13H2,1H3,(H,21,24). The summed E-state index contributed by atoms with van der Waals surface area (Å²) >= 11 is 1.35. The highest BCUT2D eigenvalue weighted by molar-refractivity contribution is 7.99. The number of nitrogens with zero attached hydrogens (tertiary/aromatic N) is 3. The number of hydrogen-bond acceptors (Lipinski definition) is 6. The summed E-state index contributed by atoms with van der Waals surface area (Å²) in [6.45, 7) is 0.461. The zero-order valence-corrected chi connectivity index (χ0v) is 15.1. The van der Waals surface area contributed by atoms with E-state index in [0.29, 0.717) is 11.6 Å². The summed E-state index contributed by atoms with van der Waals surface area (Å²) in [5.74, 6) is 0.997. The number of hydrogen-bond donors (Lipinski definition) is 1. The molecule has 3 aromatic rings. The molecule has 0 fully saturated rings. The van der Waals surface area contributed by atoms with Gasteiger partial charge >= 0.3 is 0 Å². The van der Waals surface area contributed by atoms with Crippen LogP contribution in [0.2, 0.25) is 0 Å². The van der Waals surface area contributed by atoms with Gasteiger partial charge in [-0.15, -0.1) is 10.2 Å². The number of carbonyl (C=O) groups excluding carboxylic acids is 1. The molecule has 0 aliphatic rings. The number of pyridine rings is 1. The van der Waals surface area contributed by atoms with Gasteiger partial charge in [-0.2, -0.15) is 0 Å². The van der Waals surface area contributed by atoms with E-state index in [-0.39, 0.29) is 11.7 Å². The van der Waals surface area contributed by atoms with E-state index in [1.54, 1.807) is 19.5 Å². The van der Waals surface area contributed by atoms with Gasteiger partial charge in [-0.25, -0.2) is 0 Å². The SMILES string of the molecule is COc1cccc(CNC(=O)CSc2ccc(-c3cccnc3)nn2)c1. The maximum absolute atomic E-state index is 12.0. The second kappa shape index (κ2) is 8.96. The predicted octanol–water partition coefficient (Wildman–Crippen LogP) is 2.96. The minimum atomic E-state index is -0.0593. The largest absolute Gasteiger partial charge is 0.497 e. The topological polar surface area (TPSA) is 77.0 Å². The summed E-state index contributed by atoms with van der Waals surface area (Å²) in [5.41, 5.74) is 2.65. The zero-order valence-electron chi connectivity index (χ0n) is 14.3. The van der Waals surface area contributed by atoms with Gasteiger partial charge in [0, 0.05) is 24.5 Å². The van der Waals surface area contributed by atoms with Gasteiger partial charge in [0.2, 0.25) is 5.91 Å². The normalized spacial score (nSPS) is 10.3. The second-order valence-corrected chi connectivity index (χ2v) is 6.41. The molecule has 0 atom stereocenters. The first-order chi connectivity index (χ1) is 12.7. The molecular formula is C19H18N4O2S. The average molecular weight is 366 g/mol. The smallest absolute Gasteiger partial charge is 0.230 e. The van der Waals surface area contributed by atoms with Crippen LogP contribution in [0.5, 0.6) is 5.75 Å². The number of rotatable bonds is 7. The summed E-state index contributed by atoms with van der Waals surface area (Å²) in [7, 11) is 1.62. The van der Waals surface area contributed by atoms with Gasteiger partial charge in [-0.3, -0.25) is 9.78 Å². The Morgan fingerprint density at radius 3 is 2.81 bits per heavy atom. The fourth-order valence-corrected chi connectivity index (χ4v) is 2.88. The molecule has 0 aliphatic heterocycles. The van der Waals surface area contributed by atoms with E-state index < -0.39 is 0 Å². The number of nitrogens with one attached hydrogen (secondary N) is 1. The molecule has 0 aliphatic carbocycles. The van der Waals surface area contributed by atoms with Crippen LogP contribution in [0, 0.1) is 0 Å². The number of carbonyl (C=O) groups is 1. The molecule has 0 unspecified atom stereocenters. The molecule has 0 radical (unpaired) electrons. The van der Waals surface area contributed by atoms with E-state index in [2.05, 4.69) is 20.5 Å². The van der Waals surface area contributed by atoms with Crippen LogP contribution in [0.25, 0.3) is 11.3 Å².